The van der Waals surface area contributed by atoms with E-state index >= 15 is 0 Å². The summed E-state index contributed by atoms with van der Waals surface area (Å²) in [5.41, 5.74) is 1.91. The first-order valence-corrected chi connectivity index (χ1v) is 16.1. The van der Waals surface area contributed by atoms with Crippen molar-refractivity contribution in [1.29, 1.82) is 0 Å². The van der Waals surface area contributed by atoms with E-state index in [0.717, 1.165) is 11.3 Å². The molecule has 2 unspecified atom stereocenters. The highest BCUT2D eigenvalue weighted by molar-refractivity contribution is 8.00. The normalized spacial score (nSPS) is 12.8. The number of benzene rings is 2. The van der Waals surface area contributed by atoms with Crippen LogP contribution in [0, 0.1) is 6.92 Å². The van der Waals surface area contributed by atoms with Gasteiger partial charge in [0.15, 0.2) is 0 Å². The summed E-state index contributed by atoms with van der Waals surface area (Å²) in [6, 6.07) is 16.4. The van der Waals surface area contributed by atoms with Gasteiger partial charge in [0.25, 0.3) is 0 Å². The SMILES string of the molecule is CCC.CNC(C(=O)NC(C(=O)N(C)C/C=C(\C)C(=O)O)C(C)(C)SC)C(C)(C)c1ccccc1.COc1ccc(C)cc1. The summed E-state index contributed by atoms with van der Waals surface area (Å²) in [6.07, 6.45) is 4.63. The van der Waals surface area contributed by atoms with Gasteiger partial charge in [-0.1, -0.05) is 88.2 Å². The number of methoxy groups -OCH3 is 1. The number of nitrogens with one attached hydrogen (secondary N) is 2. The number of likely N-dealkylation sites (N-methyl/N-ethyl adjacent to an activating group) is 2. The molecule has 2 rings (SSSR count). The molecule has 0 aliphatic rings. The Kier molecular flexibility index (Phi) is 18.4. The van der Waals surface area contributed by atoms with Crippen LogP contribution >= 0.6 is 11.8 Å². The molecule has 246 valence electrons. The lowest BCUT2D eigenvalue weighted by Gasteiger charge is -2.38. The van der Waals surface area contributed by atoms with Crippen LogP contribution in [0.25, 0.3) is 0 Å². The Bertz CT molecular complexity index is 1180. The fraction of sp³-hybridized carbons (Fsp3) is 0.514. The first-order chi connectivity index (χ1) is 20.5. The standard InChI is InChI=1S/C24H37N3O4S.C8H10O.C3H8/c1-16(22(30)31)14-15-27(7)21(29)19(24(4,5)32-8)26-20(28)18(25-6)23(2,3)17-12-10-9-11-13-17;1-7-3-5-8(9-2)6-4-7;1-3-2/h9-14,18-19,25H,15H2,1-8H3,(H,26,28)(H,30,31);3-6H,1-2H3;3H2,1-2H3/b16-14+;;. The van der Waals surface area contributed by atoms with Crippen LogP contribution in [-0.2, 0) is 19.8 Å². The van der Waals surface area contributed by atoms with Crippen LogP contribution in [0.4, 0.5) is 0 Å². The molecule has 2 amide bonds. The van der Waals surface area contributed by atoms with Crippen LogP contribution in [0.1, 0.15) is 66.0 Å². The molecule has 0 fully saturated rings. The smallest absolute Gasteiger partial charge is 0.331 e. The lowest BCUT2D eigenvalue weighted by molar-refractivity contribution is -0.136. The van der Waals surface area contributed by atoms with Crippen molar-refractivity contribution in [2.75, 3.05) is 34.0 Å². The molecule has 3 N–H and O–H groups in total. The highest BCUT2D eigenvalue weighted by atomic mass is 32.2. The van der Waals surface area contributed by atoms with Gasteiger partial charge in [0.1, 0.15) is 11.8 Å². The molecular weight excluding hydrogens is 574 g/mol. The number of ether oxygens (including phenoxy) is 1. The number of carboxylic acids is 1. The van der Waals surface area contributed by atoms with Gasteiger partial charge in [-0.15, -0.1) is 0 Å². The van der Waals surface area contributed by atoms with E-state index in [1.54, 1.807) is 21.2 Å². The zero-order chi connectivity index (χ0) is 34.1. The molecule has 2 aromatic carbocycles. The molecule has 0 aliphatic carbocycles. The number of rotatable bonds is 12. The fourth-order valence-electron chi connectivity index (χ4n) is 4.08. The number of hydrogen-bond donors (Lipinski definition) is 3. The van der Waals surface area contributed by atoms with E-state index in [1.807, 2.05) is 88.5 Å². The summed E-state index contributed by atoms with van der Waals surface area (Å²) >= 11 is 1.48. The number of aryl methyl sites for hydroxylation is 1. The second-order valence-corrected chi connectivity index (χ2v) is 13.2. The topological polar surface area (TPSA) is 108 Å². The first-order valence-electron chi connectivity index (χ1n) is 14.9. The van der Waals surface area contributed by atoms with Gasteiger partial charge >= 0.3 is 5.97 Å². The zero-order valence-corrected chi connectivity index (χ0v) is 29.6. The van der Waals surface area contributed by atoms with E-state index in [1.165, 1.54) is 41.6 Å². The molecule has 0 aliphatic heterocycles. The van der Waals surface area contributed by atoms with Gasteiger partial charge in [-0.3, -0.25) is 9.59 Å². The number of thioether (sulfide) groups is 1. The summed E-state index contributed by atoms with van der Waals surface area (Å²) in [4.78, 5) is 39.2. The van der Waals surface area contributed by atoms with Gasteiger partial charge < -0.3 is 25.4 Å². The van der Waals surface area contributed by atoms with Crippen LogP contribution in [0.2, 0.25) is 0 Å². The predicted molar refractivity (Wildman–Crippen MR) is 185 cm³/mol. The maximum absolute atomic E-state index is 13.4. The molecule has 0 spiro atoms. The third kappa shape index (κ3) is 13.1. The van der Waals surface area contributed by atoms with E-state index in [0.29, 0.717) is 0 Å². The van der Waals surface area contributed by atoms with Crippen molar-refractivity contribution in [3.8, 4) is 5.75 Å². The number of carboxylic acid groups (broad SMARTS) is 1. The van der Waals surface area contributed by atoms with Crippen molar-refractivity contribution in [2.24, 2.45) is 0 Å². The van der Waals surface area contributed by atoms with Crippen LogP contribution < -0.4 is 15.4 Å². The maximum atomic E-state index is 13.4. The molecule has 0 aromatic heterocycles. The number of amides is 2. The molecule has 2 atom stereocenters. The van der Waals surface area contributed by atoms with Crippen LogP contribution in [-0.4, -0.2) is 78.6 Å². The zero-order valence-electron chi connectivity index (χ0n) is 28.8. The van der Waals surface area contributed by atoms with E-state index in [2.05, 4.69) is 31.4 Å². The Morgan fingerprint density at radius 1 is 1.00 bits per heavy atom. The third-order valence-electron chi connectivity index (χ3n) is 7.19. The molecule has 0 heterocycles. The number of carbonyl (C=O) groups excluding carboxylic acids is 2. The van der Waals surface area contributed by atoms with E-state index < -0.39 is 28.2 Å². The number of aliphatic carboxylic acids is 1. The highest BCUT2D eigenvalue weighted by Gasteiger charge is 2.42. The van der Waals surface area contributed by atoms with Gasteiger partial charge in [-0.25, -0.2) is 4.79 Å². The lowest BCUT2D eigenvalue weighted by atomic mass is 9.77. The van der Waals surface area contributed by atoms with Crippen molar-refractivity contribution in [3.63, 3.8) is 0 Å². The van der Waals surface area contributed by atoms with Gasteiger partial charge in [0, 0.05) is 29.3 Å². The van der Waals surface area contributed by atoms with Crippen LogP contribution in [0.15, 0.2) is 66.2 Å². The van der Waals surface area contributed by atoms with E-state index in [-0.39, 0.29) is 23.9 Å². The van der Waals surface area contributed by atoms with Gasteiger partial charge in [0.2, 0.25) is 11.8 Å². The molecular formula is C35H55N3O5S. The second-order valence-electron chi connectivity index (χ2n) is 11.7. The summed E-state index contributed by atoms with van der Waals surface area (Å²) in [7, 11) is 5.01. The summed E-state index contributed by atoms with van der Waals surface area (Å²) in [5.74, 6) is -0.659. The van der Waals surface area contributed by atoms with Crippen molar-refractivity contribution in [2.45, 2.75) is 84.1 Å². The minimum atomic E-state index is -1.03. The lowest BCUT2D eigenvalue weighted by Crippen LogP contribution is -2.62. The van der Waals surface area contributed by atoms with E-state index in [4.69, 9.17) is 9.84 Å². The maximum Gasteiger partial charge on any atom is 0.331 e. The molecule has 2 aromatic rings. The molecule has 0 bridgehead atoms. The van der Waals surface area contributed by atoms with Crippen molar-refractivity contribution in [1.82, 2.24) is 15.5 Å². The first kappa shape index (κ1) is 40.7. The Labute approximate surface area is 270 Å². The minimum absolute atomic E-state index is 0.138. The largest absolute Gasteiger partial charge is 0.497 e. The van der Waals surface area contributed by atoms with Gasteiger partial charge in [-0.05, 0) is 58.7 Å². The third-order valence-corrected chi connectivity index (χ3v) is 8.47. The molecule has 0 radical (unpaired) electrons. The Morgan fingerprint density at radius 2 is 1.52 bits per heavy atom. The Hall–Kier alpha value is -3.30. The molecule has 44 heavy (non-hydrogen) atoms. The summed E-state index contributed by atoms with van der Waals surface area (Å²) < 4.78 is 4.39. The monoisotopic (exact) mass is 629 g/mol. The second kappa shape index (κ2) is 19.9. The Morgan fingerprint density at radius 3 is 1.95 bits per heavy atom. The van der Waals surface area contributed by atoms with Crippen LogP contribution in [0.3, 0.4) is 0 Å². The quantitative estimate of drug-likeness (QED) is 0.244. The minimum Gasteiger partial charge on any atom is -0.497 e. The summed E-state index contributed by atoms with van der Waals surface area (Å²) in [6.45, 7) is 15.7. The van der Waals surface area contributed by atoms with Crippen LogP contribution in [0.5, 0.6) is 5.75 Å². The van der Waals surface area contributed by atoms with Crippen molar-refractivity contribution >= 4 is 29.5 Å². The summed E-state index contributed by atoms with van der Waals surface area (Å²) in [5, 5.41) is 15.1. The fourth-order valence-corrected chi connectivity index (χ4v) is 4.47. The van der Waals surface area contributed by atoms with E-state index in [9.17, 15) is 14.4 Å². The van der Waals surface area contributed by atoms with Gasteiger partial charge in [0.05, 0.1) is 13.2 Å². The molecule has 0 saturated heterocycles. The van der Waals surface area contributed by atoms with Crippen molar-refractivity contribution < 1.29 is 24.2 Å². The molecule has 0 saturated carbocycles. The number of carbonyl (C=O) groups is 3. The van der Waals surface area contributed by atoms with Crippen molar-refractivity contribution in [3.05, 3.63) is 77.4 Å². The number of nitrogens with zero attached hydrogens (tertiary/aromatic N) is 1. The molecule has 8 nitrogen and oxygen atoms in total. The predicted octanol–water partition coefficient (Wildman–Crippen LogP) is 6.09. The average molecular weight is 630 g/mol. The Balaban J connectivity index is 0.00000128. The highest BCUT2D eigenvalue weighted by Crippen LogP contribution is 2.30. The molecule has 9 heteroatoms. The average Bonchev–Trinajstić information content (AvgIpc) is 2.99. The van der Waals surface area contributed by atoms with Gasteiger partial charge in [-0.2, -0.15) is 11.8 Å². The number of hydrogen-bond acceptors (Lipinski definition) is 6.